The highest BCUT2D eigenvalue weighted by atomic mass is 35.5. The van der Waals surface area contributed by atoms with Gasteiger partial charge in [0, 0.05) is 11.1 Å². The number of hydrogen-bond donors (Lipinski definition) is 2. The molecular weight excluding hydrogens is 286 g/mol. The smallest absolute Gasteiger partial charge is 0.228 e. The van der Waals surface area contributed by atoms with Crippen molar-refractivity contribution < 1.29 is 13.6 Å². The normalized spacial score (nSPS) is 10.3. The second-order valence-electron chi connectivity index (χ2n) is 4.19. The minimum Gasteiger partial charge on any atom is -0.397 e. The summed E-state index contributed by atoms with van der Waals surface area (Å²) in [6, 6.07) is 7.69. The zero-order valence-corrected chi connectivity index (χ0v) is 11.0. The first-order valence-electron chi connectivity index (χ1n) is 5.74. The van der Waals surface area contributed by atoms with Crippen LogP contribution in [0.3, 0.4) is 0 Å². The lowest BCUT2D eigenvalue weighted by atomic mass is 10.1. The van der Waals surface area contributed by atoms with Crippen LogP contribution in [-0.2, 0) is 11.2 Å². The Hall–Kier alpha value is -2.14. The summed E-state index contributed by atoms with van der Waals surface area (Å²) in [5.74, 6) is -1.90. The molecule has 2 rings (SSSR count). The highest BCUT2D eigenvalue weighted by molar-refractivity contribution is 6.31. The van der Waals surface area contributed by atoms with Crippen LogP contribution in [0.1, 0.15) is 5.56 Å². The molecule has 0 unspecified atom stereocenters. The van der Waals surface area contributed by atoms with E-state index in [-0.39, 0.29) is 12.0 Å². The van der Waals surface area contributed by atoms with Crippen LogP contribution in [0.4, 0.5) is 20.2 Å². The molecular formula is C14H11ClF2N2O. The van der Waals surface area contributed by atoms with Gasteiger partial charge in [-0.25, -0.2) is 8.78 Å². The van der Waals surface area contributed by atoms with E-state index in [4.69, 9.17) is 17.3 Å². The van der Waals surface area contributed by atoms with Crippen LogP contribution >= 0.6 is 11.6 Å². The average Bonchev–Trinajstić information content (AvgIpc) is 2.36. The van der Waals surface area contributed by atoms with Gasteiger partial charge in [0.15, 0.2) is 0 Å². The number of benzene rings is 2. The summed E-state index contributed by atoms with van der Waals surface area (Å²) in [6.45, 7) is 0. The van der Waals surface area contributed by atoms with E-state index >= 15 is 0 Å². The summed E-state index contributed by atoms with van der Waals surface area (Å²) in [7, 11) is 0. The maximum atomic E-state index is 13.4. The van der Waals surface area contributed by atoms with Crippen molar-refractivity contribution in [2.24, 2.45) is 0 Å². The second-order valence-corrected chi connectivity index (χ2v) is 4.63. The molecule has 3 N–H and O–H groups in total. The van der Waals surface area contributed by atoms with Crippen LogP contribution in [0, 0.1) is 11.6 Å². The standard InChI is InChI=1S/C14H11ClF2N2O/c15-9-2-4-13(12(18)6-9)19-14(20)5-8-1-3-10(16)7-11(8)17/h1-4,6-7H,5,18H2,(H,19,20). The van der Waals surface area contributed by atoms with Crippen molar-refractivity contribution in [3.05, 3.63) is 58.6 Å². The summed E-state index contributed by atoms with van der Waals surface area (Å²) in [4.78, 5) is 11.8. The Morgan fingerprint density at radius 2 is 1.95 bits per heavy atom. The number of halogens is 3. The van der Waals surface area contributed by atoms with Gasteiger partial charge in [0.25, 0.3) is 0 Å². The van der Waals surface area contributed by atoms with E-state index in [2.05, 4.69) is 5.32 Å². The number of amides is 1. The highest BCUT2D eigenvalue weighted by Crippen LogP contribution is 2.23. The molecule has 1 amide bonds. The lowest BCUT2D eigenvalue weighted by Crippen LogP contribution is -2.16. The average molecular weight is 297 g/mol. The molecule has 0 aliphatic heterocycles. The second kappa shape index (κ2) is 5.88. The Labute approximate surface area is 119 Å². The Morgan fingerprint density at radius 3 is 2.60 bits per heavy atom. The van der Waals surface area contributed by atoms with Gasteiger partial charge in [-0.3, -0.25) is 4.79 Å². The Bertz CT molecular complexity index is 606. The van der Waals surface area contributed by atoms with Gasteiger partial charge in [-0.15, -0.1) is 0 Å². The fourth-order valence-corrected chi connectivity index (χ4v) is 1.86. The Morgan fingerprint density at radius 1 is 1.20 bits per heavy atom. The number of nitrogens with two attached hydrogens (primary N) is 1. The van der Waals surface area contributed by atoms with Crippen molar-refractivity contribution >= 4 is 28.9 Å². The summed E-state index contributed by atoms with van der Waals surface area (Å²) in [5.41, 5.74) is 6.50. The molecule has 6 heteroatoms. The van der Waals surface area contributed by atoms with Crippen LogP contribution in [0.2, 0.25) is 5.02 Å². The van der Waals surface area contributed by atoms with Crippen molar-refractivity contribution in [1.29, 1.82) is 0 Å². The van der Waals surface area contributed by atoms with E-state index in [9.17, 15) is 13.6 Å². The monoisotopic (exact) mass is 296 g/mol. The summed E-state index contributed by atoms with van der Waals surface area (Å²) < 4.78 is 26.2. The van der Waals surface area contributed by atoms with Crippen molar-refractivity contribution in [2.75, 3.05) is 11.1 Å². The molecule has 0 saturated heterocycles. The van der Waals surface area contributed by atoms with Crippen LogP contribution in [0.15, 0.2) is 36.4 Å². The summed E-state index contributed by atoms with van der Waals surface area (Å²) in [5, 5.41) is 2.99. The fourth-order valence-electron chi connectivity index (χ4n) is 1.68. The molecule has 0 heterocycles. The van der Waals surface area contributed by atoms with Crippen LogP contribution < -0.4 is 11.1 Å². The maximum Gasteiger partial charge on any atom is 0.228 e. The van der Waals surface area contributed by atoms with E-state index in [0.717, 1.165) is 12.1 Å². The molecule has 0 bridgehead atoms. The van der Waals surface area contributed by atoms with E-state index in [0.29, 0.717) is 16.4 Å². The van der Waals surface area contributed by atoms with E-state index in [1.54, 1.807) is 12.1 Å². The minimum atomic E-state index is -0.760. The molecule has 2 aromatic carbocycles. The molecule has 104 valence electrons. The molecule has 0 saturated carbocycles. The molecule has 2 aromatic rings. The predicted octanol–water partition coefficient (Wildman–Crippen LogP) is 3.38. The van der Waals surface area contributed by atoms with E-state index in [1.165, 1.54) is 12.1 Å². The molecule has 0 aliphatic carbocycles. The van der Waals surface area contributed by atoms with Gasteiger partial charge < -0.3 is 11.1 Å². The Balaban J connectivity index is 2.09. The fraction of sp³-hybridized carbons (Fsp3) is 0.0714. The van der Waals surface area contributed by atoms with Gasteiger partial charge in [-0.05, 0) is 29.8 Å². The van der Waals surface area contributed by atoms with E-state index < -0.39 is 17.5 Å². The third-order valence-corrected chi connectivity index (χ3v) is 2.89. The molecule has 0 radical (unpaired) electrons. The van der Waals surface area contributed by atoms with Crippen LogP contribution in [0.5, 0.6) is 0 Å². The minimum absolute atomic E-state index is 0.108. The topological polar surface area (TPSA) is 55.1 Å². The maximum absolute atomic E-state index is 13.4. The number of anilines is 2. The highest BCUT2D eigenvalue weighted by Gasteiger charge is 2.10. The SMILES string of the molecule is Nc1cc(Cl)ccc1NC(=O)Cc1ccc(F)cc1F. The molecule has 0 fully saturated rings. The van der Waals surface area contributed by atoms with Crippen molar-refractivity contribution in [2.45, 2.75) is 6.42 Å². The predicted molar refractivity (Wildman–Crippen MR) is 74.6 cm³/mol. The first-order valence-corrected chi connectivity index (χ1v) is 6.12. The van der Waals surface area contributed by atoms with Crippen molar-refractivity contribution in [3.8, 4) is 0 Å². The first-order chi connectivity index (χ1) is 9.45. The lowest BCUT2D eigenvalue weighted by molar-refractivity contribution is -0.115. The van der Waals surface area contributed by atoms with Gasteiger partial charge in [-0.2, -0.15) is 0 Å². The number of nitrogens with one attached hydrogen (secondary N) is 1. The van der Waals surface area contributed by atoms with Crippen molar-refractivity contribution in [3.63, 3.8) is 0 Å². The summed E-state index contributed by atoms with van der Waals surface area (Å²) in [6.07, 6.45) is -0.214. The number of hydrogen-bond acceptors (Lipinski definition) is 2. The molecule has 3 nitrogen and oxygen atoms in total. The molecule has 0 aliphatic rings. The Kier molecular flexibility index (Phi) is 4.20. The van der Waals surface area contributed by atoms with Crippen LogP contribution in [0.25, 0.3) is 0 Å². The third-order valence-electron chi connectivity index (χ3n) is 2.65. The zero-order valence-electron chi connectivity index (χ0n) is 10.3. The number of carbonyl (C=O) groups excluding carboxylic acids is 1. The lowest BCUT2D eigenvalue weighted by Gasteiger charge is -2.09. The van der Waals surface area contributed by atoms with Gasteiger partial charge in [0.05, 0.1) is 17.8 Å². The van der Waals surface area contributed by atoms with Gasteiger partial charge in [0.1, 0.15) is 11.6 Å². The molecule has 0 atom stereocenters. The van der Waals surface area contributed by atoms with E-state index in [1.807, 2.05) is 0 Å². The largest absolute Gasteiger partial charge is 0.397 e. The first kappa shape index (κ1) is 14.3. The number of carbonyl (C=O) groups is 1. The van der Waals surface area contributed by atoms with Crippen molar-refractivity contribution in [1.82, 2.24) is 0 Å². The van der Waals surface area contributed by atoms with Gasteiger partial charge in [-0.1, -0.05) is 17.7 Å². The number of rotatable bonds is 3. The molecule has 0 aromatic heterocycles. The van der Waals surface area contributed by atoms with Crippen LogP contribution in [-0.4, -0.2) is 5.91 Å². The van der Waals surface area contributed by atoms with Gasteiger partial charge >= 0.3 is 0 Å². The quantitative estimate of drug-likeness (QED) is 0.853. The summed E-state index contributed by atoms with van der Waals surface area (Å²) >= 11 is 5.74. The zero-order chi connectivity index (χ0) is 14.7. The molecule has 0 spiro atoms. The molecule has 20 heavy (non-hydrogen) atoms. The number of nitrogen functional groups attached to an aromatic ring is 1. The van der Waals surface area contributed by atoms with Gasteiger partial charge in [0.2, 0.25) is 5.91 Å². The third kappa shape index (κ3) is 3.45.